The molecule has 2 N–H and O–H groups in total. The lowest BCUT2D eigenvalue weighted by atomic mass is 10.0. The number of carbonyl (C=O) groups excluding carboxylic acids is 1. The average Bonchev–Trinajstić information content (AvgIpc) is 2.65. The molecular formula is C12H22N2O. The molecular weight excluding hydrogens is 188 g/mol. The van der Waals surface area contributed by atoms with Crippen LogP contribution in [0.1, 0.15) is 33.1 Å². The van der Waals surface area contributed by atoms with Gasteiger partial charge in [0.25, 0.3) is 0 Å². The van der Waals surface area contributed by atoms with E-state index in [4.69, 9.17) is 5.73 Å². The number of hydrogen-bond acceptors (Lipinski definition) is 2. The van der Waals surface area contributed by atoms with Crippen LogP contribution in [0, 0.1) is 5.92 Å². The van der Waals surface area contributed by atoms with E-state index in [9.17, 15) is 4.79 Å². The van der Waals surface area contributed by atoms with Crippen molar-refractivity contribution in [3.63, 3.8) is 0 Å². The quantitative estimate of drug-likeness (QED) is 0.715. The molecule has 1 rings (SSSR count). The highest BCUT2D eigenvalue weighted by molar-refractivity contribution is 5.82. The van der Waals surface area contributed by atoms with Crippen molar-refractivity contribution >= 4 is 5.91 Å². The molecule has 0 bridgehead atoms. The van der Waals surface area contributed by atoms with E-state index >= 15 is 0 Å². The molecule has 1 heterocycles. The molecule has 0 radical (unpaired) electrons. The van der Waals surface area contributed by atoms with Crippen LogP contribution in [0.15, 0.2) is 12.7 Å². The molecule has 0 spiro atoms. The number of amides is 1. The van der Waals surface area contributed by atoms with Gasteiger partial charge in [-0.05, 0) is 25.2 Å². The Morgan fingerprint density at radius 2 is 2.33 bits per heavy atom. The van der Waals surface area contributed by atoms with E-state index in [0.717, 1.165) is 19.4 Å². The molecule has 0 aromatic rings. The molecule has 1 aliphatic rings. The Labute approximate surface area is 92.3 Å². The summed E-state index contributed by atoms with van der Waals surface area (Å²) in [6, 6.07) is -0.0183. The van der Waals surface area contributed by atoms with Crippen molar-refractivity contribution in [3.8, 4) is 0 Å². The zero-order valence-electron chi connectivity index (χ0n) is 9.78. The van der Waals surface area contributed by atoms with Gasteiger partial charge in [-0.2, -0.15) is 0 Å². The average molecular weight is 210 g/mol. The monoisotopic (exact) mass is 210 g/mol. The summed E-state index contributed by atoms with van der Waals surface area (Å²) in [6.45, 7) is 8.80. The third-order valence-corrected chi connectivity index (χ3v) is 3.09. The largest absolute Gasteiger partial charge is 0.338 e. The van der Waals surface area contributed by atoms with Gasteiger partial charge in [0.15, 0.2) is 0 Å². The third-order valence-electron chi connectivity index (χ3n) is 3.09. The molecule has 2 atom stereocenters. The maximum Gasteiger partial charge on any atom is 0.240 e. The summed E-state index contributed by atoms with van der Waals surface area (Å²) in [5.41, 5.74) is 5.81. The molecule has 0 aromatic carbocycles. The predicted molar refractivity (Wildman–Crippen MR) is 62.4 cm³/mol. The Morgan fingerprint density at radius 3 is 2.87 bits per heavy atom. The Hall–Kier alpha value is -0.830. The second-order valence-corrected chi connectivity index (χ2v) is 4.62. The molecule has 2 unspecified atom stereocenters. The summed E-state index contributed by atoms with van der Waals surface area (Å²) in [6.07, 6.45) is 4.50. The molecule has 1 fully saturated rings. The van der Waals surface area contributed by atoms with E-state index in [2.05, 4.69) is 20.4 Å². The normalized spacial score (nSPS) is 23.2. The first kappa shape index (κ1) is 12.2. The first-order chi connectivity index (χ1) is 7.07. The molecule has 1 aliphatic heterocycles. The highest BCUT2D eigenvalue weighted by Gasteiger charge is 2.32. The van der Waals surface area contributed by atoms with E-state index in [1.165, 1.54) is 0 Å². The lowest BCUT2D eigenvalue weighted by Gasteiger charge is -2.29. The van der Waals surface area contributed by atoms with Crippen molar-refractivity contribution in [3.05, 3.63) is 12.7 Å². The van der Waals surface area contributed by atoms with E-state index in [1.54, 1.807) is 6.08 Å². The van der Waals surface area contributed by atoms with Crippen molar-refractivity contribution in [2.75, 3.05) is 6.54 Å². The van der Waals surface area contributed by atoms with Crippen molar-refractivity contribution in [1.29, 1.82) is 0 Å². The van der Waals surface area contributed by atoms with Gasteiger partial charge in [0.2, 0.25) is 5.91 Å². The van der Waals surface area contributed by atoms with Crippen molar-refractivity contribution in [2.45, 2.75) is 45.2 Å². The standard InChI is InChI=1S/C12H22N2O/c1-4-6-10(13)12(15)14-8-5-7-11(14)9(2)3/h4,9-11H,1,5-8,13H2,2-3H3. The number of nitrogens with zero attached hydrogens (tertiary/aromatic N) is 1. The number of hydrogen-bond donors (Lipinski definition) is 1. The maximum atomic E-state index is 12.0. The van der Waals surface area contributed by atoms with Gasteiger partial charge in [-0.15, -0.1) is 6.58 Å². The highest BCUT2D eigenvalue weighted by Crippen LogP contribution is 2.24. The Kier molecular flexibility index (Phi) is 4.33. The van der Waals surface area contributed by atoms with Crippen molar-refractivity contribution < 1.29 is 4.79 Å². The highest BCUT2D eigenvalue weighted by atomic mass is 16.2. The van der Waals surface area contributed by atoms with Gasteiger partial charge in [-0.1, -0.05) is 19.9 Å². The fourth-order valence-corrected chi connectivity index (χ4v) is 2.25. The molecule has 15 heavy (non-hydrogen) atoms. The molecule has 1 amide bonds. The van der Waals surface area contributed by atoms with Crippen molar-refractivity contribution in [2.24, 2.45) is 11.7 Å². The summed E-state index contributed by atoms with van der Waals surface area (Å²) in [5.74, 6) is 0.610. The second kappa shape index (κ2) is 5.31. The van der Waals surface area contributed by atoms with Crippen LogP contribution >= 0.6 is 0 Å². The van der Waals surface area contributed by atoms with Gasteiger partial charge < -0.3 is 10.6 Å². The maximum absolute atomic E-state index is 12.0. The molecule has 0 aromatic heterocycles. The minimum Gasteiger partial charge on any atom is -0.338 e. The van der Waals surface area contributed by atoms with Gasteiger partial charge in [0.1, 0.15) is 0 Å². The van der Waals surface area contributed by atoms with E-state index in [1.807, 2.05) is 4.90 Å². The van der Waals surface area contributed by atoms with E-state index in [-0.39, 0.29) is 5.91 Å². The topological polar surface area (TPSA) is 46.3 Å². The third kappa shape index (κ3) is 2.81. The first-order valence-corrected chi connectivity index (χ1v) is 5.75. The zero-order valence-corrected chi connectivity index (χ0v) is 9.78. The van der Waals surface area contributed by atoms with Crippen LogP contribution in [-0.4, -0.2) is 29.4 Å². The summed E-state index contributed by atoms with van der Waals surface area (Å²) < 4.78 is 0. The molecule has 1 saturated heterocycles. The minimum absolute atomic E-state index is 0.0890. The van der Waals surface area contributed by atoms with E-state index in [0.29, 0.717) is 18.4 Å². The molecule has 86 valence electrons. The van der Waals surface area contributed by atoms with Gasteiger partial charge in [-0.3, -0.25) is 4.79 Å². The minimum atomic E-state index is -0.401. The van der Waals surface area contributed by atoms with Crippen LogP contribution < -0.4 is 5.73 Å². The fourth-order valence-electron chi connectivity index (χ4n) is 2.25. The van der Waals surface area contributed by atoms with Gasteiger partial charge in [0, 0.05) is 12.6 Å². The summed E-state index contributed by atoms with van der Waals surface area (Å²) in [5, 5.41) is 0. The molecule has 0 aliphatic carbocycles. The van der Waals surface area contributed by atoms with Gasteiger partial charge in [0.05, 0.1) is 6.04 Å². The summed E-state index contributed by atoms with van der Waals surface area (Å²) >= 11 is 0. The fraction of sp³-hybridized carbons (Fsp3) is 0.750. The summed E-state index contributed by atoms with van der Waals surface area (Å²) in [7, 11) is 0. The van der Waals surface area contributed by atoms with Crippen molar-refractivity contribution in [1.82, 2.24) is 4.90 Å². The Balaban J connectivity index is 2.61. The van der Waals surface area contributed by atoms with Crippen LogP contribution in [0.3, 0.4) is 0 Å². The SMILES string of the molecule is C=CCC(N)C(=O)N1CCCC1C(C)C. The zero-order chi connectivity index (χ0) is 11.4. The first-order valence-electron chi connectivity index (χ1n) is 5.75. The second-order valence-electron chi connectivity index (χ2n) is 4.62. The lowest BCUT2D eigenvalue weighted by molar-refractivity contribution is -0.134. The molecule has 3 heteroatoms. The van der Waals surface area contributed by atoms with Gasteiger partial charge in [-0.25, -0.2) is 0 Å². The smallest absolute Gasteiger partial charge is 0.240 e. The predicted octanol–water partition coefficient (Wildman–Crippen LogP) is 1.54. The Bertz CT molecular complexity index is 238. The van der Waals surface area contributed by atoms with Crippen LogP contribution in [0.4, 0.5) is 0 Å². The number of carbonyl (C=O) groups is 1. The van der Waals surface area contributed by atoms with Crippen LogP contribution in [0.25, 0.3) is 0 Å². The number of nitrogens with two attached hydrogens (primary N) is 1. The summed E-state index contributed by atoms with van der Waals surface area (Å²) in [4.78, 5) is 14.0. The lowest BCUT2D eigenvalue weighted by Crippen LogP contribution is -2.47. The Morgan fingerprint density at radius 1 is 1.67 bits per heavy atom. The van der Waals surface area contributed by atoms with Crippen LogP contribution in [0.2, 0.25) is 0 Å². The van der Waals surface area contributed by atoms with Gasteiger partial charge >= 0.3 is 0 Å². The van der Waals surface area contributed by atoms with E-state index < -0.39 is 6.04 Å². The molecule has 0 saturated carbocycles. The van der Waals surface area contributed by atoms with Crippen LogP contribution in [0.5, 0.6) is 0 Å². The van der Waals surface area contributed by atoms with Crippen LogP contribution in [-0.2, 0) is 4.79 Å². The number of rotatable bonds is 4. The molecule has 3 nitrogen and oxygen atoms in total. The number of likely N-dealkylation sites (tertiary alicyclic amines) is 1.